The van der Waals surface area contributed by atoms with E-state index in [0.717, 1.165) is 42.5 Å². The molecule has 1 heterocycles. The van der Waals surface area contributed by atoms with Crippen LogP contribution in [0.2, 0.25) is 5.02 Å². The number of piperazine rings is 1. The standard InChI is InChI=1S/C20H24ClN3O/c1-15-14-24(11-10-22-15)20(25)12-16-4-8-19(9-5-16)23-13-17-2-6-18(21)7-3-17/h2-9,15,22-23H,10-14H2,1H3/t15-/m0/s1. The van der Waals surface area contributed by atoms with Gasteiger partial charge >= 0.3 is 0 Å². The van der Waals surface area contributed by atoms with Crippen LogP contribution >= 0.6 is 11.6 Å². The molecule has 1 aliphatic rings. The van der Waals surface area contributed by atoms with Gasteiger partial charge in [-0.1, -0.05) is 35.9 Å². The Morgan fingerprint density at radius 2 is 1.84 bits per heavy atom. The zero-order valence-electron chi connectivity index (χ0n) is 14.5. The van der Waals surface area contributed by atoms with E-state index in [1.807, 2.05) is 53.4 Å². The minimum absolute atomic E-state index is 0.204. The molecule has 2 aromatic rings. The fourth-order valence-electron chi connectivity index (χ4n) is 2.99. The highest BCUT2D eigenvalue weighted by Gasteiger charge is 2.20. The van der Waals surface area contributed by atoms with Crippen LogP contribution in [0.3, 0.4) is 0 Å². The Morgan fingerprint density at radius 1 is 1.16 bits per heavy atom. The number of anilines is 1. The summed E-state index contributed by atoms with van der Waals surface area (Å²) in [4.78, 5) is 14.4. The second kappa shape index (κ2) is 8.37. The van der Waals surface area contributed by atoms with Crippen LogP contribution in [-0.2, 0) is 17.8 Å². The quantitative estimate of drug-likeness (QED) is 0.862. The number of amides is 1. The number of nitrogens with zero attached hydrogens (tertiary/aromatic N) is 1. The number of carbonyl (C=O) groups excluding carboxylic acids is 1. The summed E-state index contributed by atoms with van der Waals surface area (Å²) < 4.78 is 0. The smallest absolute Gasteiger partial charge is 0.227 e. The maximum atomic E-state index is 12.4. The molecule has 1 aliphatic heterocycles. The van der Waals surface area contributed by atoms with Gasteiger partial charge in [-0.3, -0.25) is 4.79 Å². The van der Waals surface area contributed by atoms with Crippen molar-refractivity contribution in [3.63, 3.8) is 0 Å². The van der Waals surface area contributed by atoms with E-state index < -0.39 is 0 Å². The fourth-order valence-corrected chi connectivity index (χ4v) is 3.12. The van der Waals surface area contributed by atoms with Gasteiger partial charge in [0.05, 0.1) is 6.42 Å². The van der Waals surface area contributed by atoms with Crippen LogP contribution in [0.1, 0.15) is 18.1 Å². The van der Waals surface area contributed by atoms with E-state index in [0.29, 0.717) is 12.5 Å². The van der Waals surface area contributed by atoms with Gasteiger partial charge in [0.25, 0.3) is 0 Å². The molecular weight excluding hydrogens is 334 g/mol. The predicted octanol–water partition coefficient (Wildman–Crippen LogP) is 3.31. The molecule has 0 aliphatic carbocycles. The normalized spacial score (nSPS) is 17.4. The first-order valence-electron chi connectivity index (χ1n) is 8.68. The molecule has 0 unspecified atom stereocenters. The highest BCUT2D eigenvalue weighted by Crippen LogP contribution is 2.14. The summed E-state index contributed by atoms with van der Waals surface area (Å²) in [5.74, 6) is 0.204. The van der Waals surface area contributed by atoms with Crippen molar-refractivity contribution < 1.29 is 4.79 Å². The van der Waals surface area contributed by atoms with Crippen LogP contribution in [0.15, 0.2) is 48.5 Å². The molecule has 25 heavy (non-hydrogen) atoms. The largest absolute Gasteiger partial charge is 0.381 e. The van der Waals surface area contributed by atoms with Crippen molar-refractivity contribution in [1.29, 1.82) is 0 Å². The SMILES string of the molecule is C[C@H]1CN(C(=O)Cc2ccc(NCc3ccc(Cl)cc3)cc2)CCN1. The molecule has 0 aromatic heterocycles. The third-order valence-corrected chi connectivity index (χ3v) is 4.69. The summed E-state index contributed by atoms with van der Waals surface area (Å²) in [6, 6.07) is 16.3. The molecular formula is C20H24ClN3O. The van der Waals surface area contributed by atoms with Gasteiger partial charge < -0.3 is 15.5 Å². The van der Waals surface area contributed by atoms with Gasteiger partial charge in [-0.25, -0.2) is 0 Å². The van der Waals surface area contributed by atoms with E-state index in [-0.39, 0.29) is 5.91 Å². The lowest BCUT2D eigenvalue weighted by Gasteiger charge is -2.32. The Labute approximate surface area is 154 Å². The van der Waals surface area contributed by atoms with Gasteiger partial charge in [-0.2, -0.15) is 0 Å². The molecule has 1 saturated heterocycles. The molecule has 2 N–H and O–H groups in total. The summed E-state index contributed by atoms with van der Waals surface area (Å²) in [6.07, 6.45) is 0.462. The fraction of sp³-hybridized carbons (Fsp3) is 0.350. The van der Waals surface area contributed by atoms with Gasteiger partial charge in [0.1, 0.15) is 0 Å². The molecule has 1 atom stereocenters. The van der Waals surface area contributed by atoms with E-state index >= 15 is 0 Å². The van der Waals surface area contributed by atoms with Crippen LogP contribution in [-0.4, -0.2) is 36.5 Å². The Hall–Kier alpha value is -2.04. The topological polar surface area (TPSA) is 44.4 Å². The summed E-state index contributed by atoms with van der Waals surface area (Å²) in [7, 11) is 0. The van der Waals surface area contributed by atoms with Gasteiger partial charge in [0.15, 0.2) is 0 Å². The zero-order valence-corrected chi connectivity index (χ0v) is 15.2. The molecule has 3 rings (SSSR count). The summed E-state index contributed by atoms with van der Waals surface area (Å²) in [5, 5.41) is 7.49. The van der Waals surface area contributed by atoms with Crippen LogP contribution in [0.5, 0.6) is 0 Å². The number of hydrogen-bond acceptors (Lipinski definition) is 3. The van der Waals surface area contributed by atoms with E-state index in [2.05, 4.69) is 17.6 Å². The maximum Gasteiger partial charge on any atom is 0.227 e. The van der Waals surface area contributed by atoms with E-state index in [1.165, 1.54) is 5.56 Å². The Balaban J connectivity index is 1.51. The van der Waals surface area contributed by atoms with Crippen molar-refractivity contribution in [2.75, 3.05) is 25.0 Å². The lowest BCUT2D eigenvalue weighted by molar-refractivity contribution is -0.131. The first-order valence-corrected chi connectivity index (χ1v) is 9.06. The van der Waals surface area contributed by atoms with Gasteiger partial charge in [-0.05, 0) is 42.3 Å². The highest BCUT2D eigenvalue weighted by molar-refractivity contribution is 6.30. The first kappa shape index (κ1) is 17.8. The summed E-state index contributed by atoms with van der Waals surface area (Å²) in [5.41, 5.74) is 3.27. The number of rotatable bonds is 5. The lowest BCUT2D eigenvalue weighted by Crippen LogP contribution is -2.51. The molecule has 0 bridgehead atoms. The van der Waals surface area contributed by atoms with Gasteiger partial charge in [0, 0.05) is 42.9 Å². The number of benzene rings is 2. The molecule has 0 spiro atoms. The average Bonchev–Trinajstić information content (AvgIpc) is 2.62. The van der Waals surface area contributed by atoms with Crippen LogP contribution < -0.4 is 10.6 Å². The lowest BCUT2D eigenvalue weighted by atomic mass is 10.1. The Morgan fingerprint density at radius 3 is 2.52 bits per heavy atom. The summed E-state index contributed by atoms with van der Waals surface area (Å²) >= 11 is 5.90. The van der Waals surface area contributed by atoms with E-state index in [4.69, 9.17) is 11.6 Å². The number of halogens is 1. The third-order valence-electron chi connectivity index (χ3n) is 4.44. The maximum absolute atomic E-state index is 12.4. The first-order chi connectivity index (χ1) is 12.1. The zero-order chi connectivity index (χ0) is 17.6. The number of nitrogens with one attached hydrogen (secondary N) is 2. The molecule has 5 heteroatoms. The molecule has 4 nitrogen and oxygen atoms in total. The predicted molar refractivity (Wildman–Crippen MR) is 103 cm³/mol. The third kappa shape index (κ3) is 5.21. The van der Waals surface area contributed by atoms with Crippen LogP contribution in [0.4, 0.5) is 5.69 Å². The minimum atomic E-state index is 0.204. The van der Waals surface area contributed by atoms with Crippen molar-refractivity contribution in [3.05, 3.63) is 64.7 Å². The molecule has 0 saturated carbocycles. The Bertz CT molecular complexity index is 700. The van der Waals surface area contributed by atoms with Crippen molar-refractivity contribution in [1.82, 2.24) is 10.2 Å². The molecule has 0 radical (unpaired) electrons. The molecule has 1 fully saturated rings. The van der Waals surface area contributed by atoms with Gasteiger partial charge in [-0.15, -0.1) is 0 Å². The average molecular weight is 358 g/mol. The second-order valence-corrected chi connectivity index (χ2v) is 6.99. The highest BCUT2D eigenvalue weighted by atomic mass is 35.5. The van der Waals surface area contributed by atoms with Crippen LogP contribution in [0.25, 0.3) is 0 Å². The summed E-state index contributed by atoms with van der Waals surface area (Å²) in [6.45, 7) is 5.32. The van der Waals surface area contributed by atoms with Crippen molar-refractivity contribution in [3.8, 4) is 0 Å². The van der Waals surface area contributed by atoms with Crippen LogP contribution in [0, 0.1) is 0 Å². The monoisotopic (exact) mass is 357 g/mol. The molecule has 1 amide bonds. The van der Waals surface area contributed by atoms with Crippen molar-refractivity contribution in [2.45, 2.75) is 25.9 Å². The minimum Gasteiger partial charge on any atom is -0.381 e. The molecule has 132 valence electrons. The van der Waals surface area contributed by atoms with E-state index in [9.17, 15) is 4.79 Å². The second-order valence-electron chi connectivity index (χ2n) is 6.55. The number of carbonyl (C=O) groups is 1. The Kier molecular flexibility index (Phi) is 5.95. The van der Waals surface area contributed by atoms with Gasteiger partial charge in [0.2, 0.25) is 5.91 Å². The van der Waals surface area contributed by atoms with E-state index in [1.54, 1.807) is 0 Å². The molecule has 2 aromatic carbocycles. The van der Waals surface area contributed by atoms with Crippen molar-refractivity contribution in [2.24, 2.45) is 0 Å². The van der Waals surface area contributed by atoms with Crippen molar-refractivity contribution >= 4 is 23.2 Å². The number of hydrogen-bond donors (Lipinski definition) is 2.